The van der Waals surface area contributed by atoms with Gasteiger partial charge >= 0.3 is 0 Å². The highest BCUT2D eigenvalue weighted by Gasteiger charge is 1.82. The minimum absolute atomic E-state index is 0.0635. The third-order valence-electron chi connectivity index (χ3n) is 3.22. The summed E-state index contributed by atoms with van der Waals surface area (Å²) in [6, 6.07) is 0. The maximum absolute atomic E-state index is 10.2. The van der Waals surface area contributed by atoms with Gasteiger partial charge in [-0.05, 0) is 51.4 Å². The van der Waals surface area contributed by atoms with Crippen LogP contribution >= 0.6 is 0 Å². The lowest BCUT2D eigenvalue weighted by Gasteiger charge is -1.90. The maximum atomic E-state index is 10.2. The number of rotatable bonds is 14. The summed E-state index contributed by atoms with van der Waals surface area (Å²) in [5.74, 6) is 0. The number of hydrogen-bond donors (Lipinski definition) is 0. The highest BCUT2D eigenvalue weighted by atomic mass is 16.2. The van der Waals surface area contributed by atoms with Crippen molar-refractivity contribution in [1.29, 1.82) is 0 Å². The molecule has 0 saturated heterocycles. The van der Waals surface area contributed by atoms with Crippen molar-refractivity contribution >= 4 is 0 Å². The SMILES string of the molecule is CCCCC/C=C\C/C=C\C/C=C\C/C=C\CCCC[O]. The van der Waals surface area contributed by atoms with E-state index in [4.69, 9.17) is 0 Å². The monoisotopic (exact) mass is 289 g/mol. The maximum Gasteiger partial charge on any atom is 0.0822 e. The van der Waals surface area contributed by atoms with E-state index in [1.807, 2.05) is 0 Å². The lowest BCUT2D eigenvalue weighted by Crippen LogP contribution is -1.78. The van der Waals surface area contributed by atoms with Gasteiger partial charge in [0.25, 0.3) is 0 Å². The molecule has 0 amide bonds. The molecule has 0 N–H and O–H groups in total. The van der Waals surface area contributed by atoms with E-state index in [-0.39, 0.29) is 6.61 Å². The second kappa shape index (κ2) is 18.9. The molecule has 0 aromatic heterocycles. The lowest BCUT2D eigenvalue weighted by atomic mass is 10.2. The van der Waals surface area contributed by atoms with Crippen LogP contribution in [-0.4, -0.2) is 6.61 Å². The second-order valence-electron chi connectivity index (χ2n) is 5.29. The van der Waals surface area contributed by atoms with Crippen LogP contribution in [0.15, 0.2) is 48.6 Å². The molecule has 0 aliphatic carbocycles. The average Bonchev–Trinajstić information content (AvgIpc) is 2.50. The van der Waals surface area contributed by atoms with E-state index in [0.29, 0.717) is 0 Å². The van der Waals surface area contributed by atoms with Gasteiger partial charge in [-0.25, -0.2) is 5.11 Å². The van der Waals surface area contributed by atoms with Crippen LogP contribution < -0.4 is 0 Å². The molecule has 0 heterocycles. The van der Waals surface area contributed by atoms with E-state index in [2.05, 4.69) is 55.5 Å². The van der Waals surface area contributed by atoms with Crippen molar-refractivity contribution in [2.75, 3.05) is 6.61 Å². The van der Waals surface area contributed by atoms with Gasteiger partial charge in [0.05, 0.1) is 6.61 Å². The predicted molar refractivity (Wildman–Crippen MR) is 94.0 cm³/mol. The normalized spacial score (nSPS) is 12.7. The minimum atomic E-state index is 0.0635. The molecule has 0 saturated carbocycles. The van der Waals surface area contributed by atoms with Crippen LogP contribution in [-0.2, 0) is 5.11 Å². The van der Waals surface area contributed by atoms with E-state index in [9.17, 15) is 5.11 Å². The summed E-state index contributed by atoms with van der Waals surface area (Å²) < 4.78 is 0. The standard InChI is InChI=1S/C20H33O/c1-2-3-4-5-6-7-8-9-10-11-12-13-14-15-16-17-18-19-20-21/h6-7,9-10,12-13,15-16H,2-5,8,11,14,17-20H2,1H3/b7-6-,10-9-,13-12-,16-15-. The van der Waals surface area contributed by atoms with Crippen LogP contribution in [0, 0.1) is 0 Å². The minimum Gasteiger partial charge on any atom is -0.237 e. The third-order valence-corrected chi connectivity index (χ3v) is 3.22. The van der Waals surface area contributed by atoms with Crippen LogP contribution in [0.3, 0.4) is 0 Å². The van der Waals surface area contributed by atoms with Crippen molar-refractivity contribution < 1.29 is 5.11 Å². The van der Waals surface area contributed by atoms with Crippen molar-refractivity contribution in [1.82, 2.24) is 0 Å². The topological polar surface area (TPSA) is 19.9 Å². The highest BCUT2D eigenvalue weighted by Crippen LogP contribution is 2.01. The van der Waals surface area contributed by atoms with Crippen molar-refractivity contribution in [3.63, 3.8) is 0 Å². The lowest BCUT2D eigenvalue weighted by molar-refractivity contribution is 0.187. The van der Waals surface area contributed by atoms with Gasteiger partial charge in [0.2, 0.25) is 0 Å². The van der Waals surface area contributed by atoms with Crippen molar-refractivity contribution in [2.45, 2.75) is 71.1 Å². The van der Waals surface area contributed by atoms with Gasteiger partial charge in [0.15, 0.2) is 0 Å². The first kappa shape index (κ1) is 19.9. The van der Waals surface area contributed by atoms with Crippen LogP contribution in [0.25, 0.3) is 0 Å². The third kappa shape index (κ3) is 18.9. The van der Waals surface area contributed by atoms with Crippen LogP contribution in [0.5, 0.6) is 0 Å². The van der Waals surface area contributed by atoms with Crippen LogP contribution in [0.1, 0.15) is 71.1 Å². The summed E-state index contributed by atoms with van der Waals surface area (Å²) in [4.78, 5) is 0. The molecule has 21 heavy (non-hydrogen) atoms. The summed E-state index contributed by atoms with van der Waals surface area (Å²) in [6.07, 6.45) is 29.0. The molecule has 1 nitrogen and oxygen atoms in total. The number of allylic oxidation sites excluding steroid dienone is 8. The number of unbranched alkanes of at least 4 members (excludes halogenated alkanes) is 5. The van der Waals surface area contributed by atoms with Gasteiger partial charge in [0, 0.05) is 0 Å². The van der Waals surface area contributed by atoms with Crippen LogP contribution in [0.2, 0.25) is 0 Å². The summed E-state index contributed by atoms with van der Waals surface area (Å²) in [6.45, 7) is 2.30. The molecule has 0 bridgehead atoms. The van der Waals surface area contributed by atoms with Crippen molar-refractivity contribution in [2.24, 2.45) is 0 Å². The van der Waals surface area contributed by atoms with E-state index in [0.717, 1.165) is 38.5 Å². The average molecular weight is 289 g/mol. The summed E-state index contributed by atoms with van der Waals surface area (Å²) in [7, 11) is 0. The van der Waals surface area contributed by atoms with Crippen LogP contribution in [0.4, 0.5) is 0 Å². The first-order valence-corrected chi connectivity index (χ1v) is 8.60. The first-order chi connectivity index (χ1) is 10.4. The molecule has 0 aliphatic rings. The first-order valence-electron chi connectivity index (χ1n) is 8.60. The Bertz CT molecular complexity index is 267. The van der Waals surface area contributed by atoms with Gasteiger partial charge in [-0.1, -0.05) is 68.4 Å². The number of hydrogen-bond acceptors (Lipinski definition) is 0. The molecule has 0 spiro atoms. The molecule has 0 fully saturated rings. The van der Waals surface area contributed by atoms with Gasteiger partial charge in [-0.2, -0.15) is 0 Å². The Hall–Kier alpha value is -1.08. The predicted octanol–water partition coefficient (Wildman–Crippen LogP) is 6.56. The molecule has 0 aliphatic heterocycles. The molecule has 0 unspecified atom stereocenters. The fourth-order valence-electron chi connectivity index (χ4n) is 1.93. The van der Waals surface area contributed by atoms with E-state index >= 15 is 0 Å². The van der Waals surface area contributed by atoms with Gasteiger partial charge in [0.1, 0.15) is 0 Å². The molecule has 0 aromatic carbocycles. The second-order valence-corrected chi connectivity index (χ2v) is 5.29. The largest absolute Gasteiger partial charge is 0.237 e. The Morgan fingerprint density at radius 1 is 0.571 bits per heavy atom. The molecular formula is C20H33O. The molecule has 0 aromatic rings. The highest BCUT2D eigenvalue weighted by molar-refractivity contribution is 4.99. The molecule has 119 valence electrons. The molecule has 0 rings (SSSR count). The van der Waals surface area contributed by atoms with Gasteiger partial charge < -0.3 is 0 Å². The van der Waals surface area contributed by atoms with E-state index < -0.39 is 0 Å². The smallest absolute Gasteiger partial charge is 0.0822 e. The van der Waals surface area contributed by atoms with Gasteiger partial charge in [-0.3, -0.25) is 0 Å². The quantitative estimate of drug-likeness (QED) is 0.255. The Morgan fingerprint density at radius 3 is 1.43 bits per heavy atom. The zero-order valence-electron chi connectivity index (χ0n) is 13.8. The zero-order chi connectivity index (χ0) is 15.4. The zero-order valence-corrected chi connectivity index (χ0v) is 13.8. The molecule has 1 radical (unpaired) electrons. The van der Waals surface area contributed by atoms with E-state index in [1.165, 1.54) is 25.7 Å². The van der Waals surface area contributed by atoms with E-state index in [1.54, 1.807) is 0 Å². The Balaban J connectivity index is 3.35. The van der Waals surface area contributed by atoms with Gasteiger partial charge in [-0.15, -0.1) is 0 Å². The summed E-state index contributed by atoms with van der Waals surface area (Å²) >= 11 is 0. The summed E-state index contributed by atoms with van der Waals surface area (Å²) in [5, 5.41) is 10.2. The Morgan fingerprint density at radius 2 is 1.00 bits per heavy atom. The summed E-state index contributed by atoms with van der Waals surface area (Å²) in [5.41, 5.74) is 0. The van der Waals surface area contributed by atoms with Crippen molar-refractivity contribution in [3.8, 4) is 0 Å². The molecule has 0 atom stereocenters. The Kier molecular flexibility index (Phi) is 17.9. The van der Waals surface area contributed by atoms with Crippen molar-refractivity contribution in [3.05, 3.63) is 48.6 Å². The fourth-order valence-corrected chi connectivity index (χ4v) is 1.93. The Labute approximate surface area is 132 Å². The molecule has 1 heteroatoms. The molecular weight excluding hydrogens is 256 g/mol. The fraction of sp³-hybridized carbons (Fsp3) is 0.600.